The van der Waals surface area contributed by atoms with Gasteiger partial charge >= 0.3 is 6.03 Å². The molecule has 2 aromatic heterocycles. The van der Waals surface area contributed by atoms with Crippen molar-refractivity contribution in [1.82, 2.24) is 9.97 Å². The van der Waals surface area contributed by atoms with Crippen LogP contribution in [0.2, 0.25) is 0 Å². The zero-order valence-electron chi connectivity index (χ0n) is 15.1. The highest BCUT2D eigenvalue weighted by Gasteiger charge is 2.11. The predicted octanol–water partition coefficient (Wildman–Crippen LogP) is 4.49. The fraction of sp³-hybridized carbons (Fsp3) is 0.0952. The number of urea groups is 1. The first-order valence-corrected chi connectivity index (χ1v) is 8.60. The number of carbonyl (C=O) groups is 1. The van der Waals surface area contributed by atoms with Crippen LogP contribution in [0.4, 0.5) is 21.9 Å². The molecule has 0 unspecified atom stereocenters. The molecule has 0 saturated heterocycles. The number of nitrogens with zero attached hydrogens (tertiary/aromatic N) is 3. The van der Waals surface area contributed by atoms with Gasteiger partial charge in [-0.15, -0.1) is 0 Å². The van der Waals surface area contributed by atoms with Crippen LogP contribution in [0.3, 0.4) is 0 Å². The third-order valence-electron chi connectivity index (χ3n) is 4.35. The van der Waals surface area contributed by atoms with Crippen LogP contribution in [-0.2, 0) is 0 Å². The Morgan fingerprint density at radius 3 is 2.33 bits per heavy atom. The molecule has 0 aliphatic carbocycles. The predicted molar refractivity (Wildman–Crippen MR) is 110 cm³/mol. The summed E-state index contributed by atoms with van der Waals surface area (Å²) in [5, 5.41) is 7.57. The van der Waals surface area contributed by atoms with Gasteiger partial charge in [0.15, 0.2) is 0 Å². The topological polar surface area (TPSA) is 70.2 Å². The van der Waals surface area contributed by atoms with E-state index in [2.05, 4.69) is 20.6 Å². The van der Waals surface area contributed by atoms with E-state index < -0.39 is 0 Å². The van der Waals surface area contributed by atoms with Crippen molar-refractivity contribution in [3.05, 3.63) is 67.0 Å². The standard InChI is InChI=1S/C21H19N5O/c1-26(2)16-9-7-15(8-10-16)24-21(27)25-18-13-14-5-3-11-22-19(14)20-17(18)6-4-12-23-20/h3-13H,1-2H3,(H2,24,25,27). The third-order valence-corrected chi connectivity index (χ3v) is 4.35. The van der Waals surface area contributed by atoms with Crippen LogP contribution in [0.25, 0.3) is 21.8 Å². The molecule has 4 aromatic rings. The van der Waals surface area contributed by atoms with Gasteiger partial charge in [-0.1, -0.05) is 6.07 Å². The van der Waals surface area contributed by atoms with Gasteiger partial charge in [-0.3, -0.25) is 9.97 Å². The molecule has 0 spiro atoms. The molecule has 0 saturated carbocycles. The Hall–Kier alpha value is -3.67. The lowest BCUT2D eigenvalue weighted by molar-refractivity contribution is 0.262. The zero-order chi connectivity index (χ0) is 18.8. The Bertz CT molecular complexity index is 1120. The lowest BCUT2D eigenvalue weighted by atomic mass is 10.1. The third kappa shape index (κ3) is 3.37. The maximum atomic E-state index is 12.5. The van der Waals surface area contributed by atoms with Crippen molar-refractivity contribution < 1.29 is 4.79 Å². The Morgan fingerprint density at radius 1 is 0.889 bits per heavy atom. The highest BCUT2D eigenvalue weighted by atomic mass is 16.2. The van der Waals surface area contributed by atoms with Crippen LogP contribution in [0.1, 0.15) is 0 Å². The Kier molecular flexibility index (Phi) is 4.30. The maximum Gasteiger partial charge on any atom is 0.323 e. The number of pyridine rings is 2. The SMILES string of the molecule is CN(C)c1ccc(NC(=O)Nc2cc3cccnc3c3ncccc23)cc1. The molecule has 0 atom stereocenters. The first-order valence-electron chi connectivity index (χ1n) is 8.60. The number of hydrogen-bond acceptors (Lipinski definition) is 4. The van der Waals surface area contributed by atoms with E-state index in [1.54, 1.807) is 12.4 Å². The zero-order valence-corrected chi connectivity index (χ0v) is 15.1. The first-order chi connectivity index (χ1) is 13.1. The second kappa shape index (κ2) is 6.92. The molecule has 2 N–H and O–H groups in total. The second-order valence-corrected chi connectivity index (χ2v) is 6.42. The minimum Gasteiger partial charge on any atom is -0.378 e. The van der Waals surface area contributed by atoms with Gasteiger partial charge in [0.05, 0.1) is 16.7 Å². The van der Waals surface area contributed by atoms with Gasteiger partial charge in [-0.2, -0.15) is 0 Å². The molecule has 134 valence electrons. The van der Waals surface area contributed by atoms with Crippen LogP contribution in [0, 0.1) is 0 Å². The molecule has 2 amide bonds. The van der Waals surface area contributed by atoms with Crippen LogP contribution < -0.4 is 15.5 Å². The van der Waals surface area contributed by atoms with Gasteiger partial charge < -0.3 is 15.5 Å². The molecule has 0 bridgehead atoms. The second-order valence-electron chi connectivity index (χ2n) is 6.42. The largest absolute Gasteiger partial charge is 0.378 e. The molecule has 4 rings (SSSR count). The van der Waals surface area contributed by atoms with Gasteiger partial charge in [0, 0.05) is 48.6 Å². The molecular weight excluding hydrogens is 338 g/mol. The lowest BCUT2D eigenvalue weighted by Crippen LogP contribution is -2.19. The normalized spacial score (nSPS) is 10.7. The molecule has 2 heterocycles. The molecule has 6 heteroatoms. The van der Waals surface area contributed by atoms with E-state index in [4.69, 9.17) is 0 Å². The van der Waals surface area contributed by atoms with Crippen molar-refractivity contribution in [1.29, 1.82) is 0 Å². The number of nitrogens with one attached hydrogen (secondary N) is 2. The molecular formula is C21H19N5O. The van der Waals surface area contributed by atoms with Crippen molar-refractivity contribution in [3.63, 3.8) is 0 Å². The summed E-state index contributed by atoms with van der Waals surface area (Å²) in [4.78, 5) is 23.4. The average Bonchev–Trinajstić information content (AvgIpc) is 2.68. The van der Waals surface area contributed by atoms with Crippen LogP contribution in [0.5, 0.6) is 0 Å². The number of fused-ring (bicyclic) bond motifs is 3. The van der Waals surface area contributed by atoms with Crippen molar-refractivity contribution in [2.45, 2.75) is 0 Å². The van der Waals surface area contributed by atoms with Gasteiger partial charge in [-0.25, -0.2) is 4.79 Å². The molecule has 6 nitrogen and oxygen atoms in total. The molecule has 0 aliphatic heterocycles. The number of rotatable bonds is 3. The molecule has 2 aromatic carbocycles. The minimum absolute atomic E-state index is 0.305. The number of aromatic nitrogens is 2. The van der Waals surface area contributed by atoms with Gasteiger partial charge in [-0.05, 0) is 48.5 Å². The van der Waals surface area contributed by atoms with E-state index >= 15 is 0 Å². The fourth-order valence-corrected chi connectivity index (χ4v) is 3.01. The summed E-state index contributed by atoms with van der Waals surface area (Å²) < 4.78 is 0. The highest BCUT2D eigenvalue weighted by Crippen LogP contribution is 2.29. The van der Waals surface area contributed by atoms with E-state index in [-0.39, 0.29) is 6.03 Å². The number of amides is 2. The Labute approximate surface area is 156 Å². The van der Waals surface area contributed by atoms with Crippen molar-refractivity contribution in [2.75, 3.05) is 29.6 Å². The van der Waals surface area contributed by atoms with Crippen molar-refractivity contribution in [3.8, 4) is 0 Å². The first kappa shape index (κ1) is 16.8. The van der Waals surface area contributed by atoms with Gasteiger partial charge in [0.2, 0.25) is 0 Å². The number of benzene rings is 2. The summed E-state index contributed by atoms with van der Waals surface area (Å²) in [6.45, 7) is 0. The van der Waals surface area contributed by atoms with E-state index in [1.165, 1.54) is 0 Å². The molecule has 27 heavy (non-hydrogen) atoms. The van der Waals surface area contributed by atoms with E-state index in [1.807, 2.05) is 73.6 Å². The van der Waals surface area contributed by atoms with Crippen LogP contribution in [0.15, 0.2) is 67.0 Å². The number of carbonyl (C=O) groups excluding carboxylic acids is 1. The quantitative estimate of drug-likeness (QED) is 0.530. The Morgan fingerprint density at radius 2 is 1.59 bits per heavy atom. The molecule has 0 radical (unpaired) electrons. The smallest absolute Gasteiger partial charge is 0.323 e. The molecule has 0 aliphatic rings. The minimum atomic E-state index is -0.305. The lowest BCUT2D eigenvalue weighted by Gasteiger charge is -2.14. The monoisotopic (exact) mass is 357 g/mol. The Balaban J connectivity index is 1.63. The number of hydrogen-bond donors (Lipinski definition) is 2. The number of anilines is 3. The average molecular weight is 357 g/mol. The van der Waals surface area contributed by atoms with E-state index in [9.17, 15) is 4.79 Å². The maximum absolute atomic E-state index is 12.5. The van der Waals surface area contributed by atoms with Crippen LogP contribution >= 0.6 is 0 Å². The van der Waals surface area contributed by atoms with Crippen molar-refractivity contribution in [2.24, 2.45) is 0 Å². The summed E-state index contributed by atoms with van der Waals surface area (Å²) >= 11 is 0. The summed E-state index contributed by atoms with van der Waals surface area (Å²) in [6.07, 6.45) is 3.47. The van der Waals surface area contributed by atoms with Gasteiger partial charge in [0.25, 0.3) is 0 Å². The van der Waals surface area contributed by atoms with Gasteiger partial charge in [0.1, 0.15) is 0 Å². The van der Waals surface area contributed by atoms with Crippen molar-refractivity contribution >= 4 is 44.9 Å². The summed E-state index contributed by atoms with van der Waals surface area (Å²) in [7, 11) is 3.95. The summed E-state index contributed by atoms with van der Waals surface area (Å²) in [5.41, 5.74) is 4.07. The summed E-state index contributed by atoms with van der Waals surface area (Å²) in [5.74, 6) is 0. The van der Waals surface area contributed by atoms with Crippen LogP contribution in [-0.4, -0.2) is 30.1 Å². The summed E-state index contributed by atoms with van der Waals surface area (Å²) in [6, 6.07) is 16.9. The highest BCUT2D eigenvalue weighted by molar-refractivity contribution is 6.13. The molecule has 0 fully saturated rings. The fourth-order valence-electron chi connectivity index (χ4n) is 3.01. The van der Waals surface area contributed by atoms with E-state index in [0.29, 0.717) is 5.69 Å². The van der Waals surface area contributed by atoms with E-state index in [0.717, 1.165) is 33.2 Å².